The molecule has 2 heterocycles. The zero-order chi connectivity index (χ0) is 19.5. The van der Waals surface area contributed by atoms with Gasteiger partial charge in [-0.15, -0.1) is 0 Å². The van der Waals surface area contributed by atoms with Crippen LogP contribution in [0.25, 0.3) is 10.9 Å². The Morgan fingerprint density at radius 3 is 2.71 bits per heavy atom. The number of hydrogen-bond donors (Lipinski definition) is 2. The maximum absolute atomic E-state index is 12.4. The molecule has 0 saturated heterocycles. The summed E-state index contributed by atoms with van der Waals surface area (Å²) in [5, 5.41) is 4.80. The molecular formula is C20H19N3O5. The number of fused-ring (bicyclic) bond motifs is 2. The highest BCUT2D eigenvalue weighted by Gasteiger charge is 2.14. The van der Waals surface area contributed by atoms with Gasteiger partial charge in [-0.05, 0) is 29.8 Å². The molecule has 0 atom stereocenters. The first-order valence-corrected chi connectivity index (χ1v) is 8.66. The summed E-state index contributed by atoms with van der Waals surface area (Å²) >= 11 is 0. The average molecular weight is 381 g/mol. The van der Waals surface area contributed by atoms with Crippen LogP contribution < -0.4 is 24.4 Å². The highest BCUT2D eigenvalue weighted by atomic mass is 16.6. The first-order chi connectivity index (χ1) is 13.7. The van der Waals surface area contributed by atoms with Crippen molar-refractivity contribution in [3.05, 3.63) is 47.7 Å². The lowest BCUT2D eigenvalue weighted by atomic mass is 10.2. The molecule has 1 aliphatic heterocycles. The SMILES string of the molecule is COc1cc(OC)c2cc(C(=O)NN=Cc3ccc4c(c3)OCCO4)[nH]c2c1. The summed E-state index contributed by atoms with van der Waals surface area (Å²) in [6.07, 6.45) is 1.54. The van der Waals surface area contributed by atoms with E-state index in [2.05, 4.69) is 15.5 Å². The van der Waals surface area contributed by atoms with E-state index in [1.165, 1.54) is 0 Å². The standard InChI is InChI=1S/C20H19N3O5/c1-25-13-8-15-14(18(9-13)26-2)10-16(22-15)20(24)23-21-11-12-3-4-17-19(7-12)28-6-5-27-17/h3-4,7-11,22H,5-6H2,1-2H3,(H,23,24). The lowest BCUT2D eigenvalue weighted by Crippen LogP contribution is -2.18. The number of nitrogens with zero attached hydrogens (tertiary/aromatic N) is 1. The minimum atomic E-state index is -0.369. The third-order valence-corrected chi connectivity index (χ3v) is 4.32. The number of methoxy groups -OCH3 is 2. The number of H-pyrrole nitrogens is 1. The predicted octanol–water partition coefficient (Wildman–Crippen LogP) is 2.72. The zero-order valence-electron chi connectivity index (χ0n) is 15.4. The van der Waals surface area contributed by atoms with Crippen LogP contribution >= 0.6 is 0 Å². The van der Waals surface area contributed by atoms with Gasteiger partial charge in [0.15, 0.2) is 11.5 Å². The quantitative estimate of drug-likeness (QED) is 0.524. The molecule has 8 heteroatoms. The summed E-state index contributed by atoms with van der Waals surface area (Å²) in [6, 6.07) is 10.7. The molecule has 144 valence electrons. The molecule has 28 heavy (non-hydrogen) atoms. The Bertz CT molecular complexity index is 1060. The second-order valence-corrected chi connectivity index (χ2v) is 6.08. The smallest absolute Gasteiger partial charge is 0.287 e. The van der Waals surface area contributed by atoms with Crippen LogP contribution in [0.15, 0.2) is 41.5 Å². The van der Waals surface area contributed by atoms with E-state index in [4.69, 9.17) is 18.9 Å². The fraction of sp³-hybridized carbons (Fsp3) is 0.200. The normalized spacial score (nSPS) is 12.9. The number of carbonyl (C=O) groups excluding carboxylic acids is 1. The lowest BCUT2D eigenvalue weighted by Gasteiger charge is -2.18. The van der Waals surface area contributed by atoms with Gasteiger partial charge in [0.2, 0.25) is 0 Å². The van der Waals surface area contributed by atoms with Crippen molar-refractivity contribution in [1.29, 1.82) is 0 Å². The minimum absolute atomic E-state index is 0.362. The van der Waals surface area contributed by atoms with E-state index in [0.29, 0.717) is 41.9 Å². The number of ether oxygens (including phenoxy) is 4. The van der Waals surface area contributed by atoms with Gasteiger partial charge < -0.3 is 23.9 Å². The summed E-state index contributed by atoms with van der Waals surface area (Å²) in [5.41, 5.74) is 4.39. The Labute approximate surface area is 161 Å². The maximum Gasteiger partial charge on any atom is 0.287 e. The molecule has 2 aromatic carbocycles. The van der Waals surface area contributed by atoms with Crippen LogP contribution in [0.1, 0.15) is 16.1 Å². The van der Waals surface area contributed by atoms with Crippen molar-refractivity contribution in [2.75, 3.05) is 27.4 Å². The van der Waals surface area contributed by atoms with Crippen molar-refractivity contribution in [1.82, 2.24) is 10.4 Å². The second-order valence-electron chi connectivity index (χ2n) is 6.08. The van der Waals surface area contributed by atoms with E-state index in [9.17, 15) is 4.79 Å². The van der Waals surface area contributed by atoms with Crippen LogP contribution in [0.2, 0.25) is 0 Å². The van der Waals surface area contributed by atoms with Gasteiger partial charge in [-0.2, -0.15) is 5.10 Å². The molecule has 0 aliphatic carbocycles. The van der Waals surface area contributed by atoms with Gasteiger partial charge in [-0.3, -0.25) is 4.79 Å². The Morgan fingerprint density at radius 1 is 1.11 bits per heavy atom. The minimum Gasteiger partial charge on any atom is -0.497 e. The Kier molecular flexibility index (Phi) is 4.76. The maximum atomic E-state index is 12.4. The summed E-state index contributed by atoms with van der Waals surface area (Å²) in [4.78, 5) is 15.5. The fourth-order valence-corrected chi connectivity index (χ4v) is 2.95. The molecule has 0 spiro atoms. The molecule has 0 radical (unpaired) electrons. The highest BCUT2D eigenvalue weighted by Crippen LogP contribution is 2.32. The number of hydrazone groups is 1. The highest BCUT2D eigenvalue weighted by molar-refractivity contribution is 6.00. The van der Waals surface area contributed by atoms with E-state index < -0.39 is 0 Å². The van der Waals surface area contributed by atoms with Crippen molar-refractivity contribution in [2.24, 2.45) is 5.10 Å². The van der Waals surface area contributed by atoms with Crippen molar-refractivity contribution >= 4 is 23.0 Å². The lowest BCUT2D eigenvalue weighted by molar-refractivity contribution is 0.0951. The van der Waals surface area contributed by atoms with Crippen molar-refractivity contribution in [3.63, 3.8) is 0 Å². The average Bonchev–Trinajstić information content (AvgIpc) is 3.17. The summed E-state index contributed by atoms with van der Waals surface area (Å²) in [5.74, 6) is 2.25. The third-order valence-electron chi connectivity index (χ3n) is 4.32. The number of benzene rings is 2. The number of nitrogens with one attached hydrogen (secondary N) is 2. The molecule has 0 unspecified atom stereocenters. The molecule has 8 nitrogen and oxygen atoms in total. The van der Waals surface area contributed by atoms with Crippen LogP contribution in [0.4, 0.5) is 0 Å². The van der Waals surface area contributed by atoms with Gasteiger partial charge in [0.25, 0.3) is 5.91 Å². The van der Waals surface area contributed by atoms with Crippen LogP contribution in [-0.2, 0) is 0 Å². The largest absolute Gasteiger partial charge is 0.497 e. The molecule has 3 aromatic rings. The van der Waals surface area contributed by atoms with Crippen LogP contribution in [0.3, 0.4) is 0 Å². The molecular weight excluding hydrogens is 362 g/mol. The van der Waals surface area contributed by atoms with Gasteiger partial charge in [0.1, 0.15) is 30.4 Å². The van der Waals surface area contributed by atoms with Crippen LogP contribution in [0, 0.1) is 0 Å². The monoisotopic (exact) mass is 381 g/mol. The molecule has 1 amide bonds. The number of aromatic amines is 1. The number of carbonyl (C=O) groups is 1. The molecule has 4 rings (SSSR count). The number of hydrogen-bond acceptors (Lipinski definition) is 6. The molecule has 0 fully saturated rings. The molecule has 2 N–H and O–H groups in total. The van der Waals surface area contributed by atoms with Crippen molar-refractivity contribution in [2.45, 2.75) is 0 Å². The topological polar surface area (TPSA) is 94.2 Å². The van der Waals surface area contributed by atoms with Crippen LogP contribution in [-0.4, -0.2) is 44.5 Å². The van der Waals surface area contributed by atoms with Gasteiger partial charge in [-0.1, -0.05) is 0 Å². The van der Waals surface area contributed by atoms with Crippen LogP contribution in [0.5, 0.6) is 23.0 Å². The Morgan fingerprint density at radius 2 is 1.93 bits per heavy atom. The summed E-state index contributed by atoms with van der Waals surface area (Å²) < 4.78 is 21.6. The zero-order valence-corrected chi connectivity index (χ0v) is 15.4. The van der Waals surface area contributed by atoms with E-state index >= 15 is 0 Å². The third kappa shape index (κ3) is 3.44. The molecule has 1 aromatic heterocycles. The van der Waals surface area contributed by atoms with Crippen molar-refractivity contribution in [3.8, 4) is 23.0 Å². The Balaban J connectivity index is 1.50. The van der Waals surface area contributed by atoms with Gasteiger partial charge in [0.05, 0.1) is 26.0 Å². The predicted molar refractivity (Wildman–Crippen MR) is 104 cm³/mol. The number of amides is 1. The summed E-state index contributed by atoms with van der Waals surface area (Å²) in [7, 11) is 3.14. The first kappa shape index (κ1) is 17.7. The molecule has 0 saturated carbocycles. The van der Waals surface area contributed by atoms with Crippen molar-refractivity contribution < 1.29 is 23.7 Å². The second kappa shape index (κ2) is 7.51. The molecule has 1 aliphatic rings. The van der Waals surface area contributed by atoms with E-state index in [1.54, 1.807) is 38.6 Å². The van der Waals surface area contributed by atoms with E-state index in [1.807, 2.05) is 18.2 Å². The van der Waals surface area contributed by atoms with Gasteiger partial charge >= 0.3 is 0 Å². The van der Waals surface area contributed by atoms with Gasteiger partial charge in [-0.25, -0.2) is 5.43 Å². The summed E-state index contributed by atoms with van der Waals surface area (Å²) in [6.45, 7) is 1.05. The number of rotatable bonds is 5. The number of aromatic nitrogens is 1. The fourth-order valence-electron chi connectivity index (χ4n) is 2.95. The van der Waals surface area contributed by atoms with Gasteiger partial charge in [0, 0.05) is 17.5 Å². The van der Waals surface area contributed by atoms with E-state index in [0.717, 1.165) is 16.5 Å². The Hall–Kier alpha value is -3.68. The van der Waals surface area contributed by atoms with E-state index in [-0.39, 0.29) is 5.91 Å². The first-order valence-electron chi connectivity index (χ1n) is 8.66. The molecule has 0 bridgehead atoms.